The first-order valence-electron chi connectivity index (χ1n) is 7.71. The summed E-state index contributed by atoms with van der Waals surface area (Å²) in [6, 6.07) is 5.97. The number of nitrogens with zero attached hydrogens (tertiary/aromatic N) is 1. The monoisotopic (exact) mass is 448 g/mol. The number of guanidine groups is 1. The summed E-state index contributed by atoms with van der Waals surface area (Å²) < 4.78 is 10.6. The molecule has 0 spiro atoms. The molecule has 134 valence electrons. The highest BCUT2D eigenvalue weighted by molar-refractivity contribution is 14.0. The molecule has 2 rings (SSSR count). The van der Waals surface area contributed by atoms with Crippen LogP contribution in [-0.2, 0) is 11.3 Å². The largest absolute Gasteiger partial charge is 0.454 e. The lowest BCUT2D eigenvalue weighted by atomic mass is 10.2. The van der Waals surface area contributed by atoms with E-state index in [0.717, 1.165) is 17.1 Å². The molecule has 0 unspecified atom stereocenters. The molecule has 1 aliphatic heterocycles. The maximum absolute atomic E-state index is 11.6. The van der Waals surface area contributed by atoms with Crippen LogP contribution in [0.15, 0.2) is 23.2 Å². The number of carbonyl (C=O) groups excluding carboxylic acids is 1. The van der Waals surface area contributed by atoms with E-state index in [1.165, 1.54) is 0 Å². The molecule has 1 aromatic carbocycles. The third kappa shape index (κ3) is 6.42. The van der Waals surface area contributed by atoms with Gasteiger partial charge in [0.2, 0.25) is 12.7 Å². The Balaban J connectivity index is 0.00000288. The fourth-order valence-corrected chi connectivity index (χ4v) is 2.15. The molecule has 0 atom stereocenters. The van der Waals surface area contributed by atoms with Crippen molar-refractivity contribution in [1.29, 1.82) is 0 Å². The number of fused-ring (bicyclic) bond motifs is 1. The number of carbonyl (C=O) groups is 1. The van der Waals surface area contributed by atoms with Crippen LogP contribution < -0.4 is 25.4 Å². The van der Waals surface area contributed by atoms with Gasteiger partial charge in [-0.1, -0.05) is 6.07 Å². The molecule has 1 aliphatic rings. The van der Waals surface area contributed by atoms with Gasteiger partial charge < -0.3 is 25.4 Å². The van der Waals surface area contributed by atoms with E-state index in [1.807, 2.05) is 32.0 Å². The summed E-state index contributed by atoms with van der Waals surface area (Å²) in [5.41, 5.74) is 1.06. The van der Waals surface area contributed by atoms with Gasteiger partial charge in [0.05, 0.1) is 0 Å². The Morgan fingerprint density at radius 3 is 2.71 bits per heavy atom. The van der Waals surface area contributed by atoms with Gasteiger partial charge in [-0.15, -0.1) is 24.0 Å². The number of hydrogen-bond acceptors (Lipinski definition) is 4. The van der Waals surface area contributed by atoms with E-state index in [4.69, 9.17) is 9.47 Å². The van der Waals surface area contributed by atoms with E-state index in [1.54, 1.807) is 7.05 Å². The number of hydrogen-bond donors (Lipinski definition) is 3. The quantitative estimate of drug-likeness (QED) is 0.350. The average molecular weight is 448 g/mol. The first-order chi connectivity index (χ1) is 11.1. The first kappa shape index (κ1) is 20.3. The molecule has 0 saturated carbocycles. The van der Waals surface area contributed by atoms with Gasteiger partial charge in [-0.3, -0.25) is 9.79 Å². The molecule has 24 heavy (non-hydrogen) atoms. The van der Waals surface area contributed by atoms with Crippen LogP contribution in [0, 0.1) is 0 Å². The van der Waals surface area contributed by atoms with Gasteiger partial charge in [-0.05, 0) is 31.5 Å². The Morgan fingerprint density at radius 1 is 1.25 bits per heavy atom. The molecular weight excluding hydrogens is 423 g/mol. The van der Waals surface area contributed by atoms with Crippen LogP contribution in [-0.4, -0.2) is 38.3 Å². The molecule has 1 heterocycles. The van der Waals surface area contributed by atoms with Crippen molar-refractivity contribution in [2.45, 2.75) is 32.9 Å². The van der Waals surface area contributed by atoms with E-state index >= 15 is 0 Å². The molecule has 7 nitrogen and oxygen atoms in total. The van der Waals surface area contributed by atoms with Gasteiger partial charge in [0.1, 0.15) is 0 Å². The van der Waals surface area contributed by atoms with E-state index in [9.17, 15) is 4.79 Å². The summed E-state index contributed by atoms with van der Waals surface area (Å²) in [7, 11) is 1.70. The highest BCUT2D eigenvalue weighted by Gasteiger charge is 2.13. The maximum atomic E-state index is 11.6. The summed E-state index contributed by atoms with van der Waals surface area (Å²) in [5.74, 6) is 2.21. The summed E-state index contributed by atoms with van der Waals surface area (Å²) >= 11 is 0. The van der Waals surface area contributed by atoms with Crippen LogP contribution >= 0.6 is 24.0 Å². The minimum absolute atomic E-state index is 0. The lowest BCUT2D eigenvalue weighted by Crippen LogP contribution is -2.39. The Labute approximate surface area is 159 Å². The Bertz CT molecular complexity index is 578. The van der Waals surface area contributed by atoms with Crippen molar-refractivity contribution in [3.63, 3.8) is 0 Å². The Kier molecular flexibility index (Phi) is 8.66. The smallest absolute Gasteiger partial charge is 0.231 e. The van der Waals surface area contributed by atoms with Crippen molar-refractivity contribution in [3.05, 3.63) is 23.8 Å². The zero-order valence-corrected chi connectivity index (χ0v) is 16.5. The van der Waals surface area contributed by atoms with Gasteiger partial charge in [0, 0.05) is 32.6 Å². The molecule has 0 radical (unpaired) electrons. The van der Waals surface area contributed by atoms with E-state index < -0.39 is 0 Å². The van der Waals surface area contributed by atoms with Crippen molar-refractivity contribution in [2.75, 3.05) is 20.4 Å². The van der Waals surface area contributed by atoms with Crippen molar-refractivity contribution in [1.82, 2.24) is 16.0 Å². The molecule has 0 aliphatic carbocycles. The highest BCUT2D eigenvalue weighted by atomic mass is 127. The second-order valence-corrected chi connectivity index (χ2v) is 5.51. The maximum Gasteiger partial charge on any atom is 0.231 e. The third-order valence-corrected chi connectivity index (χ3v) is 3.21. The SMILES string of the molecule is CN=C(NCCC(=O)NC(C)C)NCc1ccc2c(c1)OCO2.I. The van der Waals surface area contributed by atoms with Crippen LogP contribution in [0.25, 0.3) is 0 Å². The van der Waals surface area contributed by atoms with Gasteiger partial charge >= 0.3 is 0 Å². The van der Waals surface area contributed by atoms with Gasteiger partial charge in [0.25, 0.3) is 0 Å². The van der Waals surface area contributed by atoms with E-state index in [0.29, 0.717) is 25.5 Å². The molecule has 0 fully saturated rings. The van der Waals surface area contributed by atoms with Crippen LogP contribution in [0.2, 0.25) is 0 Å². The average Bonchev–Trinajstić information content (AvgIpc) is 2.97. The molecule has 3 N–H and O–H groups in total. The van der Waals surface area contributed by atoms with Crippen molar-refractivity contribution in [2.24, 2.45) is 4.99 Å². The molecule has 0 aromatic heterocycles. The van der Waals surface area contributed by atoms with Gasteiger partial charge in [-0.25, -0.2) is 0 Å². The van der Waals surface area contributed by atoms with Crippen LogP contribution in [0.4, 0.5) is 0 Å². The number of ether oxygens (including phenoxy) is 2. The second-order valence-electron chi connectivity index (χ2n) is 5.51. The summed E-state index contributed by atoms with van der Waals surface area (Å²) in [4.78, 5) is 15.7. The van der Waals surface area contributed by atoms with Crippen LogP contribution in [0.5, 0.6) is 11.5 Å². The summed E-state index contributed by atoms with van der Waals surface area (Å²) in [6.45, 7) is 5.29. The molecule has 0 saturated heterocycles. The van der Waals surface area contributed by atoms with Crippen molar-refractivity contribution in [3.8, 4) is 11.5 Å². The number of halogens is 1. The first-order valence-corrected chi connectivity index (χ1v) is 7.71. The normalized spacial score (nSPS) is 12.6. The fraction of sp³-hybridized carbons (Fsp3) is 0.500. The number of amides is 1. The zero-order chi connectivity index (χ0) is 16.7. The van der Waals surface area contributed by atoms with Crippen molar-refractivity contribution < 1.29 is 14.3 Å². The summed E-state index contributed by atoms with van der Waals surface area (Å²) in [5, 5.41) is 9.17. The Hall–Kier alpha value is -1.71. The fourth-order valence-electron chi connectivity index (χ4n) is 2.15. The molecule has 1 aromatic rings. The number of benzene rings is 1. The molecule has 1 amide bonds. The standard InChI is InChI=1S/C16H24N4O3.HI/c1-11(2)20-15(21)6-7-18-16(17-3)19-9-12-4-5-13-14(8-12)23-10-22-13;/h4-5,8,11H,6-7,9-10H2,1-3H3,(H,20,21)(H2,17,18,19);1H. The van der Waals surface area contributed by atoms with E-state index in [-0.39, 0.29) is 42.7 Å². The zero-order valence-electron chi connectivity index (χ0n) is 14.2. The van der Waals surface area contributed by atoms with Crippen LogP contribution in [0.3, 0.4) is 0 Å². The minimum Gasteiger partial charge on any atom is -0.454 e. The van der Waals surface area contributed by atoms with Crippen molar-refractivity contribution >= 4 is 35.8 Å². The lowest BCUT2D eigenvalue weighted by Gasteiger charge is -2.13. The Morgan fingerprint density at radius 2 is 2.00 bits per heavy atom. The molecule has 0 bridgehead atoms. The molecule has 8 heteroatoms. The predicted octanol–water partition coefficient (Wildman–Crippen LogP) is 1.61. The predicted molar refractivity (Wildman–Crippen MR) is 104 cm³/mol. The van der Waals surface area contributed by atoms with Gasteiger partial charge in [0.15, 0.2) is 17.5 Å². The molecular formula is C16H25IN4O3. The van der Waals surface area contributed by atoms with Crippen LogP contribution in [0.1, 0.15) is 25.8 Å². The highest BCUT2D eigenvalue weighted by Crippen LogP contribution is 2.32. The van der Waals surface area contributed by atoms with Gasteiger partial charge in [-0.2, -0.15) is 0 Å². The number of rotatable bonds is 6. The number of nitrogens with one attached hydrogen (secondary N) is 3. The topological polar surface area (TPSA) is 84.0 Å². The van der Waals surface area contributed by atoms with E-state index in [2.05, 4.69) is 20.9 Å². The minimum atomic E-state index is 0. The third-order valence-electron chi connectivity index (χ3n) is 3.21. The summed E-state index contributed by atoms with van der Waals surface area (Å²) in [6.07, 6.45) is 0.406. The lowest BCUT2D eigenvalue weighted by molar-refractivity contribution is -0.121. The second kappa shape index (κ2) is 10.2. The number of aliphatic imine (C=N–C) groups is 1.